The number of carboxylic acid groups (broad SMARTS) is 1. The smallest absolute Gasteiger partial charge is 0.407 e. The summed E-state index contributed by atoms with van der Waals surface area (Å²) in [7, 11) is 0. The Labute approximate surface area is 101 Å². The standard InChI is InChI=1S/C10H10BrNO4/c11-8-3-1-7(2-4-8)6-16-10(15)12-5-9(13)14/h1-4H,5-6H2,(H,12,15)(H,13,14). The van der Waals surface area contributed by atoms with Gasteiger partial charge in [0, 0.05) is 4.47 Å². The number of ether oxygens (including phenoxy) is 1. The molecule has 0 fully saturated rings. The number of halogens is 1. The fourth-order valence-corrected chi connectivity index (χ4v) is 1.19. The van der Waals surface area contributed by atoms with Gasteiger partial charge in [0.25, 0.3) is 0 Å². The number of carbonyl (C=O) groups excluding carboxylic acids is 1. The average Bonchev–Trinajstić information content (AvgIpc) is 2.25. The molecule has 86 valence electrons. The molecule has 0 aliphatic rings. The molecule has 0 saturated heterocycles. The Kier molecular flexibility index (Phi) is 4.78. The normalized spacial score (nSPS) is 9.56. The molecule has 1 aromatic rings. The highest BCUT2D eigenvalue weighted by molar-refractivity contribution is 9.10. The molecule has 0 aliphatic carbocycles. The molecule has 0 aromatic heterocycles. The third-order valence-corrected chi connectivity index (χ3v) is 2.20. The zero-order chi connectivity index (χ0) is 12.0. The van der Waals surface area contributed by atoms with Gasteiger partial charge < -0.3 is 15.2 Å². The monoisotopic (exact) mass is 287 g/mol. The Morgan fingerprint density at radius 3 is 2.50 bits per heavy atom. The van der Waals surface area contributed by atoms with Crippen LogP contribution in [-0.2, 0) is 16.1 Å². The molecule has 0 aliphatic heterocycles. The van der Waals surface area contributed by atoms with Crippen LogP contribution in [0, 0.1) is 0 Å². The van der Waals surface area contributed by atoms with E-state index in [1.54, 1.807) is 12.1 Å². The predicted molar refractivity (Wildman–Crippen MR) is 60.0 cm³/mol. The molecule has 1 rings (SSSR count). The first kappa shape index (κ1) is 12.5. The second-order valence-corrected chi connectivity index (χ2v) is 3.87. The summed E-state index contributed by atoms with van der Waals surface area (Å²) in [4.78, 5) is 21.1. The highest BCUT2D eigenvalue weighted by Crippen LogP contribution is 2.11. The number of carboxylic acids is 1. The summed E-state index contributed by atoms with van der Waals surface area (Å²) >= 11 is 3.28. The molecule has 0 saturated carbocycles. The largest absolute Gasteiger partial charge is 0.480 e. The molecular weight excluding hydrogens is 278 g/mol. The molecule has 2 N–H and O–H groups in total. The van der Waals surface area contributed by atoms with Crippen molar-refractivity contribution in [2.75, 3.05) is 6.54 Å². The zero-order valence-corrected chi connectivity index (χ0v) is 9.86. The highest BCUT2D eigenvalue weighted by atomic mass is 79.9. The maximum absolute atomic E-state index is 11.0. The number of amides is 1. The quantitative estimate of drug-likeness (QED) is 0.885. The Bertz CT molecular complexity index is 377. The number of carbonyl (C=O) groups is 2. The van der Waals surface area contributed by atoms with Gasteiger partial charge in [0.1, 0.15) is 13.2 Å². The Balaban J connectivity index is 2.31. The number of benzene rings is 1. The molecule has 0 radical (unpaired) electrons. The summed E-state index contributed by atoms with van der Waals surface area (Å²) in [6.45, 7) is -0.335. The van der Waals surface area contributed by atoms with Crippen LogP contribution in [0.2, 0.25) is 0 Å². The third kappa shape index (κ3) is 4.79. The van der Waals surface area contributed by atoms with Gasteiger partial charge in [0.2, 0.25) is 0 Å². The lowest BCUT2D eigenvalue weighted by Crippen LogP contribution is -2.29. The molecule has 0 unspecified atom stereocenters. The zero-order valence-electron chi connectivity index (χ0n) is 8.27. The fourth-order valence-electron chi connectivity index (χ4n) is 0.928. The summed E-state index contributed by atoms with van der Waals surface area (Å²) in [6, 6.07) is 7.25. The maximum atomic E-state index is 11.0. The lowest BCUT2D eigenvalue weighted by atomic mass is 10.2. The SMILES string of the molecule is O=C(O)CNC(=O)OCc1ccc(Br)cc1. The van der Waals surface area contributed by atoms with E-state index in [1.165, 1.54) is 0 Å². The van der Waals surface area contributed by atoms with Crippen LogP contribution in [0.1, 0.15) is 5.56 Å². The van der Waals surface area contributed by atoms with Crippen LogP contribution < -0.4 is 5.32 Å². The van der Waals surface area contributed by atoms with E-state index < -0.39 is 18.6 Å². The van der Waals surface area contributed by atoms with Crippen molar-refractivity contribution < 1.29 is 19.4 Å². The van der Waals surface area contributed by atoms with Crippen LogP contribution in [-0.4, -0.2) is 23.7 Å². The predicted octanol–water partition coefficient (Wildman–Crippen LogP) is 1.76. The van der Waals surface area contributed by atoms with Gasteiger partial charge in [-0.25, -0.2) is 4.79 Å². The van der Waals surface area contributed by atoms with Crippen molar-refractivity contribution in [2.24, 2.45) is 0 Å². The molecule has 6 heteroatoms. The first-order valence-electron chi connectivity index (χ1n) is 4.45. The molecule has 16 heavy (non-hydrogen) atoms. The third-order valence-electron chi connectivity index (χ3n) is 1.67. The van der Waals surface area contributed by atoms with Crippen LogP contribution in [0.5, 0.6) is 0 Å². The van der Waals surface area contributed by atoms with Gasteiger partial charge >= 0.3 is 12.1 Å². The molecule has 0 heterocycles. The van der Waals surface area contributed by atoms with Crippen molar-refractivity contribution in [2.45, 2.75) is 6.61 Å². The van der Waals surface area contributed by atoms with Crippen LogP contribution in [0.3, 0.4) is 0 Å². The Hall–Kier alpha value is -1.56. The highest BCUT2D eigenvalue weighted by Gasteiger charge is 2.04. The summed E-state index contributed by atoms with van der Waals surface area (Å²) in [6.07, 6.45) is -0.745. The van der Waals surface area contributed by atoms with E-state index >= 15 is 0 Å². The van der Waals surface area contributed by atoms with E-state index in [1.807, 2.05) is 12.1 Å². The van der Waals surface area contributed by atoms with Crippen LogP contribution in [0.25, 0.3) is 0 Å². The van der Waals surface area contributed by atoms with Crippen LogP contribution in [0.4, 0.5) is 4.79 Å². The van der Waals surface area contributed by atoms with Gasteiger partial charge in [-0.15, -0.1) is 0 Å². The van der Waals surface area contributed by atoms with Gasteiger partial charge in [0.05, 0.1) is 0 Å². The molecule has 1 aromatic carbocycles. The molecule has 0 bridgehead atoms. The van der Waals surface area contributed by atoms with Gasteiger partial charge in [-0.3, -0.25) is 4.79 Å². The first-order valence-corrected chi connectivity index (χ1v) is 5.24. The van der Waals surface area contributed by atoms with Gasteiger partial charge in [-0.2, -0.15) is 0 Å². The lowest BCUT2D eigenvalue weighted by Gasteiger charge is -2.05. The summed E-state index contributed by atoms with van der Waals surface area (Å²) in [5.74, 6) is -1.11. The Morgan fingerprint density at radius 2 is 1.94 bits per heavy atom. The average molecular weight is 288 g/mol. The topological polar surface area (TPSA) is 75.6 Å². The molecule has 0 spiro atoms. The minimum absolute atomic E-state index is 0.110. The summed E-state index contributed by atoms with van der Waals surface area (Å²) in [5.41, 5.74) is 0.827. The van der Waals surface area contributed by atoms with E-state index in [9.17, 15) is 9.59 Å². The van der Waals surface area contributed by atoms with Crippen molar-refractivity contribution in [1.82, 2.24) is 5.32 Å². The molecule has 0 atom stereocenters. The number of rotatable bonds is 4. The van der Waals surface area contributed by atoms with Crippen molar-refractivity contribution in [3.8, 4) is 0 Å². The van der Waals surface area contributed by atoms with Gasteiger partial charge in [0.15, 0.2) is 0 Å². The van der Waals surface area contributed by atoms with Crippen LogP contribution in [0.15, 0.2) is 28.7 Å². The molecule has 1 amide bonds. The van der Waals surface area contributed by atoms with E-state index in [0.29, 0.717) is 0 Å². The minimum Gasteiger partial charge on any atom is -0.480 e. The summed E-state index contributed by atoms with van der Waals surface area (Å²) < 4.78 is 5.73. The maximum Gasteiger partial charge on any atom is 0.407 e. The number of aliphatic carboxylic acids is 1. The first-order chi connectivity index (χ1) is 7.58. The number of nitrogens with one attached hydrogen (secondary N) is 1. The van der Waals surface area contributed by atoms with Crippen molar-refractivity contribution in [3.05, 3.63) is 34.3 Å². The second kappa shape index (κ2) is 6.12. The number of hydrogen-bond donors (Lipinski definition) is 2. The van der Waals surface area contributed by atoms with Crippen molar-refractivity contribution >= 4 is 28.0 Å². The lowest BCUT2D eigenvalue weighted by molar-refractivity contribution is -0.135. The van der Waals surface area contributed by atoms with Gasteiger partial charge in [-0.1, -0.05) is 28.1 Å². The number of hydrogen-bond acceptors (Lipinski definition) is 3. The van der Waals surface area contributed by atoms with Crippen molar-refractivity contribution in [3.63, 3.8) is 0 Å². The van der Waals surface area contributed by atoms with Crippen LogP contribution >= 0.6 is 15.9 Å². The fraction of sp³-hybridized carbons (Fsp3) is 0.200. The number of alkyl carbamates (subject to hydrolysis) is 1. The van der Waals surface area contributed by atoms with E-state index in [2.05, 4.69) is 21.2 Å². The minimum atomic E-state index is -1.11. The van der Waals surface area contributed by atoms with E-state index in [4.69, 9.17) is 9.84 Å². The van der Waals surface area contributed by atoms with E-state index in [0.717, 1.165) is 10.0 Å². The van der Waals surface area contributed by atoms with E-state index in [-0.39, 0.29) is 6.61 Å². The molecule has 5 nitrogen and oxygen atoms in total. The second-order valence-electron chi connectivity index (χ2n) is 2.95. The van der Waals surface area contributed by atoms with Gasteiger partial charge in [-0.05, 0) is 17.7 Å². The summed E-state index contributed by atoms with van der Waals surface area (Å²) in [5, 5.41) is 10.4. The molecular formula is C10H10BrNO4. The van der Waals surface area contributed by atoms with Crippen molar-refractivity contribution in [1.29, 1.82) is 0 Å². The Morgan fingerprint density at radius 1 is 1.31 bits per heavy atom.